The summed E-state index contributed by atoms with van der Waals surface area (Å²) in [7, 11) is 0. The second-order valence-corrected chi connectivity index (χ2v) is 8.30. The van der Waals surface area contributed by atoms with Gasteiger partial charge >= 0.3 is 0 Å². The fourth-order valence-electron chi connectivity index (χ4n) is 3.92. The summed E-state index contributed by atoms with van der Waals surface area (Å²) in [6, 6.07) is 2.53. The van der Waals surface area contributed by atoms with Crippen molar-refractivity contribution in [1.29, 1.82) is 0 Å². The number of carbonyl (C=O) groups is 2. The van der Waals surface area contributed by atoms with Crippen molar-refractivity contribution in [2.75, 3.05) is 13.1 Å². The average Bonchev–Trinajstić information content (AvgIpc) is 3.10. The largest absolute Gasteiger partial charge is 0.472 e. The molecule has 2 saturated heterocycles. The van der Waals surface area contributed by atoms with Crippen LogP contribution >= 0.6 is 0 Å². The lowest BCUT2D eigenvalue weighted by atomic mass is 9.78. The zero-order valence-corrected chi connectivity index (χ0v) is 15.4. The van der Waals surface area contributed by atoms with Gasteiger partial charge in [-0.3, -0.25) is 9.59 Å². The van der Waals surface area contributed by atoms with Crippen molar-refractivity contribution < 1.29 is 14.0 Å². The van der Waals surface area contributed by atoms with Crippen molar-refractivity contribution in [2.45, 2.75) is 64.6 Å². The first kappa shape index (κ1) is 18.0. The Morgan fingerprint density at radius 3 is 2.60 bits per heavy atom. The molecule has 2 aliphatic heterocycles. The highest BCUT2D eigenvalue weighted by atomic mass is 16.3. The lowest BCUT2D eigenvalue weighted by Gasteiger charge is -2.43. The minimum Gasteiger partial charge on any atom is -0.472 e. The van der Waals surface area contributed by atoms with Gasteiger partial charge in [0.05, 0.1) is 11.8 Å². The van der Waals surface area contributed by atoms with Crippen LogP contribution in [0.5, 0.6) is 0 Å². The molecular weight excluding hydrogens is 318 g/mol. The van der Waals surface area contributed by atoms with Crippen LogP contribution in [0.3, 0.4) is 0 Å². The summed E-state index contributed by atoms with van der Waals surface area (Å²) in [6.45, 7) is 8.01. The maximum Gasteiger partial charge on any atom is 0.257 e. The van der Waals surface area contributed by atoms with Crippen LogP contribution in [0.1, 0.15) is 56.8 Å². The quantitative estimate of drug-likeness (QED) is 0.879. The third-order valence-electron chi connectivity index (χ3n) is 5.33. The number of amides is 2. The average molecular weight is 347 g/mol. The molecule has 3 heterocycles. The van der Waals surface area contributed by atoms with Crippen LogP contribution in [0.15, 0.2) is 23.0 Å². The normalized spacial score (nSPS) is 25.7. The Kier molecular flexibility index (Phi) is 5.18. The van der Waals surface area contributed by atoms with E-state index in [1.807, 2.05) is 4.90 Å². The molecule has 6 nitrogen and oxygen atoms in total. The van der Waals surface area contributed by atoms with Crippen molar-refractivity contribution in [3.8, 4) is 0 Å². The van der Waals surface area contributed by atoms with Gasteiger partial charge in [-0.05, 0) is 30.7 Å². The predicted molar refractivity (Wildman–Crippen MR) is 95.2 cm³/mol. The summed E-state index contributed by atoms with van der Waals surface area (Å²) in [5.74, 6) is 0.197. The summed E-state index contributed by atoms with van der Waals surface area (Å²) >= 11 is 0. The van der Waals surface area contributed by atoms with Crippen LogP contribution < -0.4 is 10.6 Å². The zero-order chi connectivity index (χ0) is 18.0. The molecule has 2 N–H and O–H groups in total. The number of piperidine rings is 2. The molecule has 25 heavy (non-hydrogen) atoms. The summed E-state index contributed by atoms with van der Waals surface area (Å²) in [6.07, 6.45) is 6.37. The Bertz CT molecular complexity index is 598. The molecule has 0 spiro atoms. The van der Waals surface area contributed by atoms with E-state index in [4.69, 9.17) is 4.42 Å². The van der Waals surface area contributed by atoms with Crippen LogP contribution in [0.25, 0.3) is 0 Å². The lowest BCUT2D eigenvalue weighted by Crippen LogP contribution is -2.62. The van der Waals surface area contributed by atoms with E-state index >= 15 is 0 Å². The molecule has 138 valence electrons. The second-order valence-electron chi connectivity index (χ2n) is 8.30. The Balaban J connectivity index is 1.54. The number of nitrogens with zero attached hydrogens (tertiary/aromatic N) is 1. The molecule has 2 fully saturated rings. The molecule has 6 heteroatoms. The van der Waals surface area contributed by atoms with Gasteiger partial charge in [-0.2, -0.15) is 0 Å². The number of rotatable bonds is 3. The van der Waals surface area contributed by atoms with Crippen molar-refractivity contribution in [3.05, 3.63) is 24.2 Å². The van der Waals surface area contributed by atoms with E-state index in [9.17, 15) is 9.59 Å². The molecule has 2 amide bonds. The van der Waals surface area contributed by atoms with Gasteiger partial charge in [0.1, 0.15) is 6.26 Å². The molecule has 1 aromatic rings. The van der Waals surface area contributed by atoms with E-state index < -0.39 is 0 Å². The second kappa shape index (κ2) is 7.20. The first-order chi connectivity index (χ1) is 11.8. The van der Waals surface area contributed by atoms with Crippen molar-refractivity contribution >= 4 is 11.8 Å². The van der Waals surface area contributed by atoms with E-state index in [2.05, 4.69) is 31.4 Å². The van der Waals surface area contributed by atoms with E-state index in [1.165, 1.54) is 12.5 Å². The summed E-state index contributed by atoms with van der Waals surface area (Å²) in [4.78, 5) is 26.1. The monoisotopic (exact) mass is 347 g/mol. The van der Waals surface area contributed by atoms with Crippen molar-refractivity contribution in [2.24, 2.45) is 5.41 Å². The van der Waals surface area contributed by atoms with Crippen LogP contribution in [-0.2, 0) is 4.79 Å². The van der Waals surface area contributed by atoms with Gasteiger partial charge in [0, 0.05) is 37.6 Å². The first-order valence-corrected chi connectivity index (χ1v) is 9.21. The Morgan fingerprint density at radius 2 is 2.00 bits per heavy atom. The van der Waals surface area contributed by atoms with Crippen LogP contribution in [0.4, 0.5) is 0 Å². The maximum atomic E-state index is 12.4. The number of nitrogens with one attached hydrogen (secondary N) is 2. The summed E-state index contributed by atoms with van der Waals surface area (Å²) in [5, 5.41) is 6.92. The minimum atomic E-state index is 0.0195. The standard InChI is InChI=1S/C19H29N3O3/c1-19(2,3)17-15(4-5-16(23)21-17)20-14-6-9-22(10-7-14)18(24)13-8-11-25-12-13/h8,11-12,14-15,17,20H,4-7,9-10H2,1-3H3,(H,21,23)/t15-,17-/m1/s1. The van der Waals surface area contributed by atoms with Gasteiger partial charge in [0.2, 0.25) is 5.91 Å². The topological polar surface area (TPSA) is 74.6 Å². The highest BCUT2D eigenvalue weighted by Gasteiger charge is 2.38. The molecule has 3 rings (SSSR count). The zero-order valence-electron chi connectivity index (χ0n) is 15.4. The highest BCUT2D eigenvalue weighted by Crippen LogP contribution is 2.28. The number of furan rings is 1. The molecule has 0 bridgehead atoms. The first-order valence-electron chi connectivity index (χ1n) is 9.21. The third kappa shape index (κ3) is 4.24. The minimum absolute atomic E-state index is 0.0195. The summed E-state index contributed by atoms with van der Waals surface area (Å²) < 4.78 is 5.01. The van der Waals surface area contributed by atoms with E-state index in [0.29, 0.717) is 24.1 Å². The molecule has 0 radical (unpaired) electrons. The number of carbonyl (C=O) groups excluding carboxylic acids is 2. The van der Waals surface area contributed by atoms with Gasteiger partial charge in [-0.1, -0.05) is 20.8 Å². The van der Waals surface area contributed by atoms with Crippen molar-refractivity contribution in [1.82, 2.24) is 15.5 Å². The number of hydrogen-bond donors (Lipinski definition) is 2. The summed E-state index contributed by atoms with van der Waals surface area (Å²) in [5.41, 5.74) is 0.639. The van der Waals surface area contributed by atoms with E-state index in [0.717, 1.165) is 32.4 Å². The number of hydrogen-bond acceptors (Lipinski definition) is 4. The third-order valence-corrected chi connectivity index (χ3v) is 5.33. The van der Waals surface area contributed by atoms with Gasteiger partial charge in [-0.25, -0.2) is 0 Å². The van der Waals surface area contributed by atoms with E-state index in [-0.39, 0.29) is 23.3 Å². The van der Waals surface area contributed by atoms with E-state index in [1.54, 1.807) is 6.07 Å². The molecule has 2 aliphatic rings. The Morgan fingerprint density at radius 1 is 1.28 bits per heavy atom. The van der Waals surface area contributed by atoms with Gasteiger partial charge < -0.3 is 20.0 Å². The maximum absolute atomic E-state index is 12.4. The SMILES string of the molecule is CC(C)(C)[C@@H]1NC(=O)CC[C@H]1NC1CCN(C(=O)c2ccoc2)CC1. The van der Waals surface area contributed by atoms with Crippen LogP contribution in [0, 0.1) is 5.41 Å². The fourth-order valence-corrected chi connectivity index (χ4v) is 3.92. The van der Waals surface area contributed by atoms with Gasteiger partial charge in [0.25, 0.3) is 5.91 Å². The highest BCUT2D eigenvalue weighted by molar-refractivity contribution is 5.93. The molecule has 0 saturated carbocycles. The Labute approximate surface area is 149 Å². The smallest absolute Gasteiger partial charge is 0.257 e. The molecule has 1 aromatic heterocycles. The van der Waals surface area contributed by atoms with Crippen LogP contribution in [0.2, 0.25) is 0 Å². The molecule has 0 aliphatic carbocycles. The molecule has 0 unspecified atom stereocenters. The van der Waals surface area contributed by atoms with Crippen LogP contribution in [-0.4, -0.2) is 47.9 Å². The predicted octanol–water partition coefficient (Wildman–Crippen LogP) is 2.17. The molecule has 2 atom stereocenters. The fraction of sp³-hybridized carbons (Fsp3) is 0.684. The van der Waals surface area contributed by atoms with Crippen molar-refractivity contribution in [3.63, 3.8) is 0 Å². The molecule has 0 aromatic carbocycles. The lowest BCUT2D eigenvalue weighted by molar-refractivity contribution is -0.125. The van der Waals surface area contributed by atoms with Gasteiger partial charge in [-0.15, -0.1) is 0 Å². The Hall–Kier alpha value is -1.82. The van der Waals surface area contributed by atoms with Gasteiger partial charge in [0.15, 0.2) is 0 Å². The number of likely N-dealkylation sites (tertiary alicyclic amines) is 1. The molecular formula is C19H29N3O3.